The van der Waals surface area contributed by atoms with Crippen LogP contribution in [0.1, 0.15) is 104 Å². The number of nitrogens with one attached hydrogen (secondary N) is 3. The van der Waals surface area contributed by atoms with Crippen molar-refractivity contribution in [1.29, 1.82) is 0 Å². The number of nitrogens with zero attached hydrogens (tertiary/aromatic N) is 1. The van der Waals surface area contributed by atoms with Crippen molar-refractivity contribution in [3.63, 3.8) is 0 Å². The fourth-order valence-electron chi connectivity index (χ4n) is 8.26. The Morgan fingerprint density at radius 1 is 0.963 bits per heavy atom. The number of Topliss-reactive ketones (excluding diaryl/α,β-unsaturated/α-hetero) is 1. The number of carbonyl (C=O) groups excluding carboxylic acids is 6. The maximum Gasteiger partial charge on any atom is 0.329 e. The molecule has 1 saturated heterocycles. The van der Waals surface area contributed by atoms with Crippen molar-refractivity contribution in [1.82, 2.24) is 20.9 Å². The van der Waals surface area contributed by atoms with Crippen LogP contribution in [0.4, 0.5) is 4.79 Å². The molecule has 5 N–H and O–H groups in total. The summed E-state index contributed by atoms with van der Waals surface area (Å²) >= 11 is 0. The molecule has 2 aliphatic carbocycles. The molecule has 5 amide bonds. The summed E-state index contributed by atoms with van der Waals surface area (Å²) in [5.41, 5.74) is 7.15. The van der Waals surface area contributed by atoms with Gasteiger partial charge in [-0.05, 0) is 99.5 Å². The Morgan fingerprint density at radius 2 is 1.61 bits per heavy atom. The number of benzene rings is 1. The molecule has 1 saturated carbocycles. The van der Waals surface area contributed by atoms with Crippen LogP contribution in [0, 0.1) is 41.9 Å². The number of likely N-dealkylation sites (tertiary alicyclic amines) is 1. The number of urea groups is 1. The van der Waals surface area contributed by atoms with Gasteiger partial charge in [0.1, 0.15) is 23.7 Å². The predicted octanol–water partition coefficient (Wildman–Crippen LogP) is 4.54. The molecule has 0 aromatic heterocycles. The first-order valence-electron chi connectivity index (χ1n) is 19.5. The second kappa shape index (κ2) is 17.1. The van der Waals surface area contributed by atoms with Crippen molar-refractivity contribution in [2.75, 3.05) is 6.54 Å². The van der Waals surface area contributed by atoms with Crippen molar-refractivity contribution in [3.8, 4) is 0 Å². The van der Waals surface area contributed by atoms with Crippen LogP contribution in [0.15, 0.2) is 30.9 Å². The van der Waals surface area contributed by atoms with E-state index in [0.717, 1.165) is 36.0 Å². The van der Waals surface area contributed by atoms with E-state index in [1.54, 1.807) is 20.8 Å². The number of allylic oxidation sites excluding steroid dienone is 1. The van der Waals surface area contributed by atoms with Gasteiger partial charge in [0.2, 0.25) is 17.6 Å². The van der Waals surface area contributed by atoms with Gasteiger partial charge < -0.3 is 31.3 Å². The van der Waals surface area contributed by atoms with Crippen molar-refractivity contribution < 1.29 is 33.5 Å². The summed E-state index contributed by atoms with van der Waals surface area (Å²) in [6, 6.07) is 1.29. The molecule has 0 spiro atoms. The number of primary amides is 1. The Hall–Kier alpha value is -4.22. The van der Waals surface area contributed by atoms with Crippen molar-refractivity contribution in [3.05, 3.63) is 47.5 Å². The highest BCUT2D eigenvalue weighted by Gasteiger charge is 2.48. The van der Waals surface area contributed by atoms with Crippen LogP contribution >= 0.6 is 0 Å². The van der Waals surface area contributed by atoms with E-state index in [4.69, 9.17) is 10.5 Å². The zero-order valence-corrected chi connectivity index (χ0v) is 33.8. The molecule has 3 aliphatic rings. The number of carbonyl (C=O) groups is 6. The smallest absolute Gasteiger partial charge is 0.329 e. The zero-order chi connectivity index (χ0) is 40.3. The molecule has 298 valence electrons. The summed E-state index contributed by atoms with van der Waals surface area (Å²) in [4.78, 5) is 83.1. The van der Waals surface area contributed by atoms with Gasteiger partial charge >= 0.3 is 12.0 Å². The average Bonchev–Trinajstić information content (AvgIpc) is 3.66. The first-order valence-corrected chi connectivity index (χ1v) is 19.5. The molecule has 54 heavy (non-hydrogen) atoms. The Balaban J connectivity index is 1.69. The van der Waals surface area contributed by atoms with E-state index in [0.29, 0.717) is 25.7 Å². The third kappa shape index (κ3) is 10.5. The minimum absolute atomic E-state index is 0.0223. The van der Waals surface area contributed by atoms with E-state index in [2.05, 4.69) is 42.4 Å². The summed E-state index contributed by atoms with van der Waals surface area (Å²) in [5, 5.41) is 8.56. The predicted molar refractivity (Wildman–Crippen MR) is 207 cm³/mol. The van der Waals surface area contributed by atoms with E-state index in [9.17, 15) is 24.0 Å². The lowest BCUT2D eigenvalue weighted by molar-refractivity contribution is -0.160. The topological polar surface area (TPSA) is 177 Å². The largest absolute Gasteiger partial charge is 0.458 e. The van der Waals surface area contributed by atoms with Gasteiger partial charge in [-0.15, -0.1) is 6.58 Å². The monoisotopic (exact) mass is 749 g/mol. The third-order valence-corrected chi connectivity index (χ3v) is 11.3. The van der Waals surface area contributed by atoms with Gasteiger partial charge in [-0.3, -0.25) is 19.2 Å². The first-order chi connectivity index (χ1) is 25.1. The molecule has 1 heterocycles. The number of rotatable bonds is 14. The lowest BCUT2D eigenvalue weighted by Crippen LogP contribution is -2.61. The molecule has 0 bridgehead atoms. The molecule has 7 atom stereocenters. The highest BCUT2D eigenvalue weighted by Crippen LogP contribution is 2.37. The Kier molecular flexibility index (Phi) is 13.4. The molecule has 1 aromatic rings. The average molecular weight is 750 g/mol. The van der Waals surface area contributed by atoms with Gasteiger partial charge in [-0.2, -0.15) is 0 Å². The lowest BCUT2D eigenvalue weighted by Gasteiger charge is -2.35. The number of nitrogens with two attached hydrogens (primary N) is 1. The highest BCUT2D eigenvalue weighted by atomic mass is 16.6. The van der Waals surface area contributed by atoms with Crippen LogP contribution in [-0.2, 0) is 41.6 Å². The molecule has 2 fully saturated rings. The summed E-state index contributed by atoms with van der Waals surface area (Å²) in [6.45, 7) is 21.1. The quantitative estimate of drug-likeness (QED) is 0.123. The van der Waals surface area contributed by atoms with E-state index in [1.165, 1.54) is 4.90 Å². The third-order valence-electron chi connectivity index (χ3n) is 11.3. The number of amides is 5. The van der Waals surface area contributed by atoms with Gasteiger partial charge in [0.15, 0.2) is 0 Å². The maximum absolute atomic E-state index is 15.0. The molecule has 12 nitrogen and oxygen atoms in total. The van der Waals surface area contributed by atoms with Gasteiger partial charge in [-0.25, -0.2) is 9.59 Å². The molecular formula is C42H63N5O7. The van der Waals surface area contributed by atoms with Crippen LogP contribution in [0.2, 0.25) is 0 Å². The normalized spacial score (nSPS) is 22.3. The molecule has 1 aliphatic heterocycles. The summed E-state index contributed by atoms with van der Waals surface area (Å²) in [6.07, 6.45) is 6.32. The number of fused-ring (bicyclic) bond motifs is 1. The molecule has 1 aromatic carbocycles. The number of esters is 1. The molecule has 4 rings (SSSR count). The summed E-state index contributed by atoms with van der Waals surface area (Å²) < 4.78 is 5.65. The minimum atomic E-state index is -1.12. The Morgan fingerprint density at radius 3 is 2.15 bits per heavy atom. The second-order valence-corrected chi connectivity index (χ2v) is 18.3. The number of aryl methyl sites for hydroxylation is 1. The van der Waals surface area contributed by atoms with Crippen molar-refractivity contribution in [2.24, 2.45) is 40.7 Å². The fourth-order valence-corrected chi connectivity index (χ4v) is 8.26. The number of ether oxygens (including phenoxy) is 1. The van der Waals surface area contributed by atoms with Gasteiger partial charge in [-0.1, -0.05) is 83.7 Å². The fraction of sp³-hybridized carbons (Fsp3) is 0.667. The Bertz CT molecular complexity index is 1600. The highest BCUT2D eigenvalue weighted by molar-refractivity contribution is 6.37. The maximum atomic E-state index is 15.0. The van der Waals surface area contributed by atoms with Crippen LogP contribution in [0.3, 0.4) is 0 Å². The van der Waals surface area contributed by atoms with Crippen LogP contribution in [0.5, 0.6) is 0 Å². The molecular weight excluding hydrogens is 686 g/mol. The summed E-state index contributed by atoms with van der Waals surface area (Å²) in [5.74, 6) is -3.68. The number of hydrogen-bond acceptors (Lipinski definition) is 7. The van der Waals surface area contributed by atoms with Crippen molar-refractivity contribution >= 4 is 35.5 Å². The van der Waals surface area contributed by atoms with Crippen molar-refractivity contribution in [2.45, 2.75) is 137 Å². The standard InChI is InChI=1S/C42H63N5O7/c1-11-30(23(2)3)29-21-32(37(50)44-31(34(48)36(43)49)18-25-13-12-14-25)47(22-29)38(51)33(28-19-26-16-15-24(4)17-27(26)20-28)45-40(53)46-35(41(5,6)7)39(52)54-42(8,9)10/h11,15-17,23,25,28-33,35H,1,12-14,18-22H2,2-10H3,(H2,43,49)(H,44,50)(H2,45,46,53)/t28?,29-,30?,31?,32+,33+,35-/m1/s1. The van der Waals surface area contributed by atoms with E-state index < -0.39 is 70.7 Å². The van der Waals surface area contributed by atoms with Crippen LogP contribution in [-0.4, -0.2) is 76.7 Å². The second-order valence-electron chi connectivity index (χ2n) is 18.3. The number of hydrogen-bond donors (Lipinski definition) is 4. The van der Waals surface area contributed by atoms with Crippen LogP contribution < -0.4 is 21.7 Å². The minimum Gasteiger partial charge on any atom is -0.458 e. The van der Waals surface area contributed by atoms with Gasteiger partial charge in [0.25, 0.3) is 5.91 Å². The molecule has 0 radical (unpaired) electrons. The van der Waals surface area contributed by atoms with E-state index in [-0.39, 0.29) is 36.1 Å². The number of ketones is 1. The van der Waals surface area contributed by atoms with Gasteiger partial charge in [0, 0.05) is 6.54 Å². The van der Waals surface area contributed by atoms with E-state index in [1.807, 2.05) is 45.9 Å². The molecule has 3 unspecified atom stereocenters. The van der Waals surface area contributed by atoms with E-state index >= 15 is 4.79 Å². The van der Waals surface area contributed by atoms with Gasteiger partial charge in [0.05, 0.1) is 6.04 Å². The van der Waals surface area contributed by atoms with Crippen LogP contribution in [0.25, 0.3) is 0 Å². The lowest BCUT2D eigenvalue weighted by atomic mass is 9.80. The SMILES string of the molecule is C=CC(C(C)C)[C@@H]1C[C@@H](C(=O)NC(CC2CCC2)C(=O)C(N)=O)N(C(=O)[C@@H](NC(=O)N[C@H](C(=O)OC(C)(C)C)C(C)(C)C)C2Cc3ccc(C)cc3C2)C1. The Labute approximate surface area is 321 Å². The zero-order valence-electron chi connectivity index (χ0n) is 33.8. The molecule has 12 heteroatoms. The first kappa shape index (κ1) is 42.5. The summed E-state index contributed by atoms with van der Waals surface area (Å²) in [7, 11) is 0.